The van der Waals surface area contributed by atoms with Crippen molar-refractivity contribution in [2.75, 3.05) is 0 Å². The Bertz CT molecular complexity index is 451. The van der Waals surface area contributed by atoms with E-state index in [4.69, 9.17) is 0 Å². The molecule has 3 fully saturated rings. The van der Waals surface area contributed by atoms with E-state index in [0.29, 0.717) is 5.91 Å². The molecule has 0 unspecified atom stereocenters. The summed E-state index contributed by atoms with van der Waals surface area (Å²) in [6.45, 7) is 4.87. The zero-order chi connectivity index (χ0) is 11.8. The van der Waals surface area contributed by atoms with Gasteiger partial charge in [0.05, 0.1) is 6.04 Å². The lowest BCUT2D eigenvalue weighted by Gasteiger charge is -2.46. The Hall–Kier alpha value is -1.57. The van der Waals surface area contributed by atoms with Crippen molar-refractivity contribution < 1.29 is 4.79 Å². The van der Waals surface area contributed by atoms with Gasteiger partial charge in [0.15, 0.2) is 0 Å². The molecule has 2 aliphatic heterocycles. The molecule has 1 aromatic rings. The molecule has 3 aliphatic rings. The summed E-state index contributed by atoms with van der Waals surface area (Å²) in [7, 11) is 0. The van der Waals surface area contributed by atoms with Crippen molar-refractivity contribution in [2.24, 2.45) is 5.92 Å². The molecule has 2 saturated heterocycles. The van der Waals surface area contributed by atoms with Gasteiger partial charge in [0.1, 0.15) is 0 Å². The largest absolute Gasteiger partial charge is 0.331 e. The molecule has 2 atom stereocenters. The van der Waals surface area contributed by atoms with Gasteiger partial charge in [0, 0.05) is 12.5 Å². The number of piperidine rings is 2. The molecule has 1 saturated carbocycles. The average molecular weight is 227 g/mol. The summed E-state index contributed by atoms with van der Waals surface area (Å²) in [5, 5.41) is 0. The summed E-state index contributed by atoms with van der Waals surface area (Å²) in [4.78, 5) is 14.2. The van der Waals surface area contributed by atoms with E-state index in [9.17, 15) is 4.79 Å². The molecule has 2 bridgehead atoms. The zero-order valence-electron chi connectivity index (χ0n) is 9.93. The molecule has 0 N–H and O–H groups in total. The fraction of sp³-hybridized carbons (Fsp3) is 0.400. The third-order valence-electron chi connectivity index (χ3n) is 3.97. The first-order valence-corrected chi connectivity index (χ1v) is 6.28. The van der Waals surface area contributed by atoms with E-state index in [1.54, 1.807) is 0 Å². The van der Waals surface area contributed by atoms with E-state index in [1.165, 1.54) is 11.1 Å². The van der Waals surface area contributed by atoms with Crippen LogP contribution in [0.25, 0.3) is 0 Å². The van der Waals surface area contributed by atoms with E-state index in [0.717, 1.165) is 25.8 Å². The summed E-state index contributed by atoms with van der Waals surface area (Å²) >= 11 is 0. The maximum absolute atomic E-state index is 12.2. The summed E-state index contributed by atoms with van der Waals surface area (Å²) in [5.41, 5.74) is 2.46. The molecule has 0 radical (unpaired) electrons. The minimum absolute atomic E-state index is 0.205. The number of rotatable bonds is 2. The first-order valence-electron chi connectivity index (χ1n) is 6.28. The first-order chi connectivity index (χ1) is 8.25. The number of benzene rings is 1. The van der Waals surface area contributed by atoms with E-state index in [1.807, 2.05) is 23.1 Å². The van der Waals surface area contributed by atoms with Crippen molar-refractivity contribution in [3.63, 3.8) is 0 Å². The molecule has 0 spiro atoms. The number of fused-ring (bicyclic) bond motifs is 3. The van der Waals surface area contributed by atoms with Crippen LogP contribution in [0.3, 0.4) is 0 Å². The second-order valence-electron chi connectivity index (χ2n) is 5.10. The van der Waals surface area contributed by atoms with Crippen LogP contribution >= 0.6 is 0 Å². The van der Waals surface area contributed by atoms with Gasteiger partial charge in [0.2, 0.25) is 5.91 Å². The minimum atomic E-state index is 0.205. The predicted octanol–water partition coefficient (Wildman–Crippen LogP) is 2.75. The highest BCUT2D eigenvalue weighted by Gasteiger charge is 2.41. The van der Waals surface area contributed by atoms with Crippen LogP contribution in [0.5, 0.6) is 0 Å². The van der Waals surface area contributed by atoms with Crippen molar-refractivity contribution in [1.82, 2.24) is 4.90 Å². The topological polar surface area (TPSA) is 20.3 Å². The van der Waals surface area contributed by atoms with Crippen LogP contribution in [-0.2, 0) is 11.3 Å². The van der Waals surface area contributed by atoms with Gasteiger partial charge in [-0.15, -0.1) is 0 Å². The second-order valence-corrected chi connectivity index (χ2v) is 5.10. The van der Waals surface area contributed by atoms with Gasteiger partial charge in [-0.3, -0.25) is 4.79 Å². The van der Waals surface area contributed by atoms with Crippen molar-refractivity contribution in [2.45, 2.75) is 31.8 Å². The third kappa shape index (κ3) is 1.78. The SMILES string of the molecule is C=C1C[C@H]2CC[C@@H]1N(Cc1ccccc1)C2=O. The normalized spacial score (nSPS) is 27.6. The van der Waals surface area contributed by atoms with Gasteiger partial charge in [0.25, 0.3) is 0 Å². The fourth-order valence-electron chi connectivity index (χ4n) is 3.06. The van der Waals surface area contributed by atoms with Crippen molar-refractivity contribution in [3.8, 4) is 0 Å². The molecule has 2 nitrogen and oxygen atoms in total. The predicted molar refractivity (Wildman–Crippen MR) is 67.3 cm³/mol. The molecule has 2 heterocycles. The number of hydrogen-bond acceptors (Lipinski definition) is 1. The molecule has 1 amide bonds. The molecule has 17 heavy (non-hydrogen) atoms. The van der Waals surface area contributed by atoms with Crippen LogP contribution in [0.2, 0.25) is 0 Å². The Morgan fingerprint density at radius 2 is 2.00 bits per heavy atom. The van der Waals surface area contributed by atoms with E-state index in [-0.39, 0.29) is 12.0 Å². The average Bonchev–Trinajstić information content (AvgIpc) is 2.35. The third-order valence-corrected chi connectivity index (χ3v) is 3.97. The van der Waals surface area contributed by atoms with E-state index < -0.39 is 0 Å². The molecule has 0 aromatic heterocycles. The van der Waals surface area contributed by atoms with E-state index >= 15 is 0 Å². The lowest BCUT2D eigenvalue weighted by Crippen LogP contribution is -2.52. The lowest BCUT2D eigenvalue weighted by atomic mass is 9.76. The standard InChI is InChI=1S/C15H17NO/c1-11-9-13-7-8-14(11)16(15(13)17)10-12-5-3-2-4-6-12/h2-6,13-14H,1,7-10H2/t13-,14+/m1/s1. The van der Waals surface area contributed by atoms with Gasteiger partial charge in [-0.05, 0) is 24.8 Å². The zero-order valence-corrected chi connectivity index (χ0v) is 9.93. The molecule has 2 heteroatoms. The first kappa shape index (κ1) is 10.6. The maximum atomic E-state index is 12.2. The Balaban J connectivity index is 1.83. The minimum Gasteiger partial charge on any atom is -0.331 e. The molecular weight excluding hydrogens is 210 g/mol. The monoisotopic (exact) mass is 227 g/mol. The van der Waals surface area contributed by atoms with Crippen molar-refractivity contribution in [1.29, 1.82) is 0 Å². The molecular formula is C15H17NO. The summed E-state index contributed by atoms with van der Waals surface area (Å²) in [6.07, 6.45) is 3.06. The number of carbonyl (C=O) groups is 1. The maximum Gasteiger partial charge on any atom is 0.226 e. The van der Waals surface area contributed by atoms with Gasteiger partial charge in [-0.2, -0.15) is 0 Å². The smallest absolute Gasteiger partial charge is 0.226 e. The highest BCUT2D eigenvalue weighted by molar-refractivity contribution is 5.82. The van der Waals surface area contributed by atoms with E-state index in [2.05, 4.69) is 18.7 Å². The quantitative estimate of drug-likeness (QED) is 0.711. The van der Waals surface area contributed by atoms with Crippen molar-refractivity contribution >= 4 is 5.91 Å². The Morgan fingerprint density at radius 3 is 2.71 bits per heavy atom. The van der Waals surface area contributed by atoms with Crippen LogP contribution in [0.1, 0.15) is 24.8 Å². The molecule has 1 aliphatic carbocycles. The summed E-state index contributed by atoms with van der Waals surface area (Å²) in [5.74, 6) is 0.536. The fourth-order valence-corrected chi connectivity index (χ4v) is 3.06. The van der Waals surface area contributed by atoms with Gasteiger partial charge in [-0.1, -0.05) is 42.5 Å². The Kier molecular flexibility index (Phi) is 2.50. The molecule has 4 rings (SSSR count). The number of amides is 1. The van der Waals surface area contributed by atoms with Gasteiger partial charge < -0.3 is 4.90 Å². The van der Waals surface area contributed by atoms with Crippen LogP contribution in [0, 0.1) is 5.92 Å². The van der Waals surface area contributed by atoms with Crippen LogP contribution < -0.4 is 0 Å². The Labute approximate surface area is 102 Å². The van der Waals surface area contributed by atoms with Crippen molar-refractivity contribution in [3.05, 3.63) is 48.0 Å². The number of nitrogens with zero attached hydrogens (tertiary/aromatic N) is 1. The Morgan fingerprint density at radius 1 is 1.24 bits per heavy atom. The van der Waals surface area contributed by atoms with Crippen LogP contribution in [0.15, 0.2) is 42.5 Å². The highest BCUT2D eigenvalue weighted by atomic mass is 16.2. The molecule has 1 aromatic carbocycles. The highest BCUT2D eigenvalue weighted by Crippen LogP contribution is 2.39. The van der Waals surface area contributed by atoms with Gasteiger partial charge in [-0.25, -0.2) is 0 Å². The van der Waals surface area contributed by atoms with Crippen LogP contribution in [-0.4, -0.2) is 16.8 Å². The van der Waals surface area contributed by atoms with Gasteiger partial charge >= 0.3 is 0 Å². The summed E-state index contributed by atoms with van der Waals surface area (Å²) in [6, 6.07) is 10.5. The summed E-state index contributed by atoms with van der Waals surface area (Å²) < 4.78 is 0. The lowest BCUT2D eigenvalue weighted by molar-refractivity contribution is -0.144. The molecule has 88 valence electrons. The van der Waals surface area contributed by atoms with Crippen LogP contribution in [0.4, 0.5) is 0 Å². The number of carbonyl (C=O) groups excluding carboxylic acids is 1. The number of hydrogen-bond donors (Lipinski definition) is 0. The second kappa shape index (κ2) is 4.02.